The number of anilines is 1. The number of halogens is 1. The number of rotatable bonds is 5. The molecule has 1 N–H and O–H groups in total. The maximum atomic E-state index is 6.23. The summed E-state index contributed by atoms with van der Waals surface area (Å²) in [7, 11) is 0. The smallest absolute Gasteiger partial charge is 0.209 e. The second-order valence-corrected chi connectivity index (χ2v) is 8.97. The van der Waals surface area contributed by atoms with Crippen LogP contribution in [-0.2, 0) is 5.54 Å². The van der Waals surface area contributed by atoms with Crippen LogP contribution in [0.1, 0.15) is 58.0 Å². The van der Waals surface area contributed by atoms with Crippen molar-refractivity contribution < 1.29 is 4.90 Å². The fourth-order valence-corrected chi connectivity index (χ4v) is 4.17. The Morgan fingerprint density at radius 3 is 2.56 bits per heavy atom. The Kier molecular flexibility index (Phi) is 6.06. The molecule has 6 nitrogen and oxygen atoms in total. The van der Waals surface area contributed by atoms with E-state index in [1.807, 2.05) is 10.7 Å². The lowest BCUT2D eigenvalue weighted by molar-refractivity contribution is -0.933. The standard InChI is InChI=1S/C20H31ClN6/c1-6-7-17(19-22-23-24-27(19)20(3,4)5)25-10-12-26(13-11-25)18-14-16(21)9-8-15(18)2/h8-9,14,17H,6-7,10-13H2,1-5H3/p+1/t17-/m0/s1. The number of tetrazole rings is 1. The molecule has 7 heteroatoms. The van der Waals surface area contributed by atoms with Crippen LogP contribution in [0.2, 0.25) is 5.02 Å². The van der Waals surface area contributed by atoms with Gasteiger partial charge in [-0.15, -0.1) is 5.10 Å². The number of hydrogen-bond acceptors (Lipinski definition) is 4. The van der Waals surface area contributed by atoms with Crippen molar-refractivity contribution in [3.63, 3.8) is 0 Å². The number of nitrogens with one attached hydrogen (secondary N) is 1. The van der Waals surface area contributed by atoms with E-state index in [9.17, 15) is 0 Å². The van der Waals surface area contributed by atoms with E-state index < -0.39 is 0 Å². The van der Waals surface area contributed by atoms with Crippen LogP contribution in [0.25, 0.3) is 0 Å². The number of quaternary nitrogens is 1. The van der Waals surface area contributed by atoms with Crippen molar-refractivity contribution in [2.24, 2.45) is 0 Å². The van der Waals surface area contributed by atoms with Crippen molar-refractivity contribution in [3.05, 3.63) is 34.6 Å². The first-order valence-corrected chi connectivity index (χ1v) is 10.3. The fourth-order valence-electron chi connectivity index (χ4n) is 4.00. The normalized spacial score (nSPS) is 17.3. The van der Waals surface area contributed by atoms with E-state index in [2.05, 4.69) is 67.2 Å². The van der Waals surface area contributed by atoms with Crippen LogP contribution in [0.3, 0.4) is 0 Å². The monoisotopic (exact) mass is 391 g/mol. The molecular formula is C20H32ClN6+. The average molecular weight is 392 g/mol. The number of aryl methyl sites for hydroxylation is 1. The molecule has 1 aliphatic heterocycles. The minimum Gasteiger partial charge on any atom is -0.360 e. The topological polar surface area (TPSA) is 51.3 Å². The van der Waals surface area contributed by atoms with E-state index in [0.717, 1.165) is 49.9 Å². The third-order valence-corrected chi connectivity index (χ3v) is 5.66. The predicted octanol–water partition coefficient (Wildman–Crippen LogP) is 2.64. The van der Waals surface area contributed by atoms with Crippen LogP contribution < -0.4 is 9.80 Å². The summed E-state index contributed by atoms with van der Waals surface area (Å²) in [4.78, 5) is 4.04. The average Bonchev–Trinajstić information content (AvgIpc) is 3.12. The molecule has 1 aromatic heterocycles. The number of piperazine rings is 1. The Morgan fingerprint density at radius 1 is 1.22 bits per heavy atom. The van der Waals surface area contributed by atoms with Crippen molar-refractivity contribution in [3.8, 4) is 0 Å². The van der Waals surface area contributed by atoms with Crippen LogP contribution in [-0.4, -0.2) is 46.4 Å². The molecule has 3 rings (SSSR count). The van der Waals surface area contributed by atoms with Gasteiger partial charge in [-0.25, -0.2) is 4.68 Å². The zero-order valence-electron chi connectivity index (χ0n) is 17.2. The SMILES string of the molecule is CCC[C@@H](c1nnnn1C(C)(C)C)[NH+]1CCN(c2cc(Cl)ccc2C)CC1. The molecule has 1 aromatic carbocycles. The number of aromatic nitrogens is 4. The van der Waals surface area contributed by atoms with Gasteiger partial charge in [-0.05, 0) is 55.8 Å². The van der Waals surface area contributed by atoms with E-state index in [4.69, 9.17) is 11.6 Å². The number of hydrogen-bond donors (Lipinski definition) is 1. The van der Waals surface area contributed by atoms with Gasteiger partial charge in [-0.2, -0.15) is 0 Å². The Balaban J connectivity index is 1.76. The van der Waals surface area contributed by atoms with Crippen molar-refractivity contribution in [2.75, 3.05) is 31.1 Å². The third-order valence-electron chi connectivity index (χ3n) is 5.43. The quantitative estimate of drug-likeness (QED) is 0.851. The molecule has 1 aliphatic rings. The summed E-state index contributed by atoms with van der Waals surface area (Å²) >= 11 is 6.23. The lowest BCUT2D eigenvalue weighted by atomic mass is 10.0. The first-order chi connectivity index (χ1) is 12.8. The first-order valence-electron chi connectivity index (χ1n) is 9.95. The second-order valence-electron chi connectivity index (χ2n) is 8.54. The summed E-state index contributed by atoms with van der Waals surface area (Å²) < 4.78 is 2.01. The van der Waals surface area contributed by atoms with Gasteiger partial charge in [0, 0.05) is 17.1 Å². The van der Waals surface area contributed by atoms with Crippen LogP contribution >= 0.6 is 11.6 Å². The highest BCUT2D eigenvalue weighted by atomic mass is 35.5. The van der Waals surface area contributed by atoms with Gasteiger partial charge in [0.1, 0.15) is 6.04 Å². The Bertz CT molecular complexity index is 758. The lowest BCUT2D eigenvalue weighted by Crippen LogP contribution is -3.15. The van der Waals surface area contributed by atoms with E-state index >= 15 is 0 Å². The highest BCUT2D eigenvalue weighted by Gasteiger charge is 2.34. The summed E-state index contributed by atoms with van der Waals surface area (Å²) in [5.41, 5.74) is 2.43. The van der Waals surface area contributed by atoms with E-state index in [0.29, 0.717) is 6.04 Å². The summed E-state index contributed by atoms with van der Waals surface area (Å²) in [6, 6.07) is 6.50. The molecule has 0 saturated carbocycles. The van der Waals surface area contributed by atoms with E-state index in [1.54, 1.807) is 4.90 Å². The highest BCUT2D eigenvalue weighted by molar-refractivity contribution is 6.30. The van der Waals surface area contributed by atoms with Gasteiger partial charge in [0.05, 0.1) is 31.7 Å². The molecule has 2 heterocycles. The minimum atomic E-state index is -0.107. The van der Waals surface area contributed by atoms with Gasteiger partial charge in [-0.3, -0.25) is 0 Å². The van der Waals surface area contributed by atoms with Crippen molar-refractivity contribution >= 4 is 17.3 Å². The molecule has 0 bridgehead atoms. The zero-order valence-corrected chi connectivity index (χ0v) is 17.9. The van der Waals surface area contributed by atoms with Crippen LogP contribution in [0.15, 0.2) is 18.2 Å². The van der Waals surface area contributed by atoms with Crippen molar-refractivity contribution in [1.82, 2.24) is 20.2 Å². The fraction of sp³-hybridized carbons (Fsp3) is 0.650. The molecule has 0 unspecified atom stereocenters. The molecule has 1 fully saturated rings. The second kappa shape index (κ2) is 8.15. The largest absolute Gasteiger partial charge is 0.360 e. The van der Waals surface area contributed by atoms with Crippen LogP contribution in [0.5, 0.6) is 0 Å². The molecule has 148 valence electrons. The minimum absolute atomic E-state index is 0.107. The van der Waals surface area contributed by atoms with Crippen LogP contribution in [0.4, 0.5) is 5.69 Å². The summed E-state index contributed by atoms with van der Waals surface area (Å²) in [5.74, 6) is 1.02. The molecular weight excluding hydrogens is 360 g/mol. The summed E-state index contributed by atoms with van der Waals surface area (Å²) in [5, 5.41) is 13.5. The first kappa shape index (κ1) is 20.1. The molecule has 0 aliphatic carbocycles. The number of nitrogens with zero attached hydrogens (tertiary/aromatic N) is 5. The lowest BCUT2D eigenvalue weighted by Gasteiger charge is -2.38. The molecule has 27 heavy (non-hydrogen) atoms. The van der Waals surface area contributed by atoms with Gasteiger partial charge in [0.25, 0.3) is 0 Å². The number of benzene rings is 1. The Labute approximate surface area is 167 Å². The van der Waals surface area contributed by atoms with Gasteiger partial charge < -0.3 is 9.80 Å². The van der Waals surface area contributed by atoms with E-state index in [1.165, 1.54) is 11.3 Å². The molecule has 0 radical (unpaired) electrons. The van der Waals surface area contributed by atoms with Gasteiger partial charge >= 0.3 is 0 Å². The Morgan fingerprint density at radius 2 is 1.93 bits per heavy atom. The predicted molar refractivity (Wildman–Crippen MR) is 110 cm³/mol. The Hall–Kier alpha value is -1.66. The third kappa shape index (κ3) is 4.43. The summed E-state index contributed by atoms with van der Waals surface area (Å²) in [6.07, 6.45) is 2.23. The maximum absolute atomic E-state index is 6.23. The highest BCUT2D eigenvalue weighted by Crippen LogP contribution is 2.25. The summed E-state index contributed by atoms with van der Waals surface area (Å²) in [6.45, 7) is 15.1. The van der Waals surface area contributed by atoms with E-state index in [-0.39, 0.29) is 5.54 Å². The molecule has 1 saturated heterocycles. The van der Waals surface area contributed by atoms with Gasteiger partial charge in [0.15, 0.2) is 0 Å². The van der Waals surface area contributed by atoms with Gasteiger partial charge in [-0.1, -0.05) is 31.0 Å². The van der Waals surface area contributed by atoms with Crippen molar-refractivity contribution in [1.29, 1.82) is 0 Å². The van der Waals surface area contributed by atoms with Crippen LogP contribution in [0, 0.1) is 6.92 Å². The maximum Gasteiger partial charge on any atom is 0.209 e. The molecule has 0 amide bonds. The zero-order chi connectivity index (χ0) is 19.6. The van der Waals surface area contributed by atoms with Crippen molar-refractivity contribution in [2.45, 2.75) is 59.0 Å². The molecule has 1 atom stereocenters. The molecule has 2 aromatic rings. The van der Waals surface area contributed by atoms with Gasteiger partial charge in [0.2, 0.25) is 5.82 Å². The molecule has 0 spiro atoms.